The van der Waals surface area contributed by atoms with Crippen molar-refractivity contribution in [2.24, 2.45) is 5.92 Å². The van der Waals surface area contributed by atoms with Gasteiger partial charge in [-0.15, -0.1) is 11.3 Å². The molecule has 0 saturated heterocycles. The highest BCUT2D eigenvalue weighted by Gasteiger charge is 2.26. The Morgan fingerprint density at radius 2 is 1.96 bits per heavy atom. The van der Waals surface area contributed by atoms with Crippen molar-refractivity contribution in [2.75, 3.05) is 0 Å². The van der Waals surface area contributed by atoms with E-state index in [9.17, 15) is 9.59 Å². The van der Waals surface area contributed by atoms with Gasteiger partial charge in [0.25, 0.3) is 5.91 Å². The summed E-state index contributed by atoms with van der Waals surface area (Å²) in [6.45, 7) is 0.488. The first kappa shape index (κ1) is 17.5. The molecule has 2 aromatic rings. The summed E-state index contributed by atoms with van der Waals surface area (Å²) < 4.78 is 5.74. The van der Waals surface area contributed by atoms with Crippen LogP contribution in [0.1, 0.15) is 40.9 Å². The van der Waals surface area contributed by atoms with Gasteiger partial charge in [0.2, 0.25) is 0 Å². The second kappa shape index (κ2) is 8.16. The number of hydrogen-bond donors (Lipinski definition) is 2. The van der Waals surface area contributed by atoms with Gasteiger partial charge in [0, 0.05) is 16.5 Å². The van der Waals surface area contributed by atoms with Crippen molar-refractivity contribution < 1.29 is 19.4 Å². The number of hydrogen-bond acceptors (Lipinski definition) is 4. The van der Waals surface area contributed by atoms with Crippen molar-refractivity contribution >= 4 is 23.2 Å². The second-order valence-corrected chi connectivity index (χ2v) is 7.29. The molecule has 1 aliphatic rings. The van der Waals surface area contributed by atoms with Gasteiger partial charge in [0.05, 0.1) is 5.92 Å². The van der Waals surface area contributed by atoms with Crippen molar-refractivity contribution in [3.8, 4) is 5.75 Å². The SMILES string of the molecule is O=C(NC1CCC(C(=O)O)CC1)c1cccc(OCc2cccs2)c1. The molecule has 6 heteroatoms. The molecule has 0 atom stereocenters. The maximum Gasteiger partial charge on any atom is 0.306 e. The summed E-state index contributed by atoms with van der Waals surface area (Å²) >= 11 is 1.63. The third-order valence-corrected chi connectivity index (χ3v) is 5.32. The molecule has 1 fully saturated rings. The summed E-state index contributed by atoms with van der Waals surface area (Å²) in [5.41, 5.74) is 0.559. The molecule has 0 radical (unpaired) electrons. The number of ether oxygens (including phenoxy) is 1. The summed E-state index contributed by atoms with van der Waals surface area (Å²) in [4.78, 5) is 24.6. The number of nitrogens with one attached hydrogen (secondary N) is 1. The number of rotatable bonds is 6. The molecule has 5 nitrogen and oxygen atoms in total. The average Bonchev–Trinajstić information content (AvgIpc) is 3.14. The van der Waals surface area contributed by atoms with E-state index < -0.39 is 5.97 Å². The number of carboxylic acids is 1. The first-order chi connectivity index (χ1) is 12.1. The molecule has 132 valence electrons. The van der Waals surface area contributed by atoms with Crippen molar-refractivity contribution in [3.63, 3.8) is 0 Å². The number of amides is 1. The average molecular weight is 359 g/mol. The fraction of sp³-hybridized carbons (Fsp3) is 0.368. The van der Waals surface area contributed by atoms with E-state index >= 15 is 0 Å². The summed E-state index contributed by atoms with van der Waals surface area (Å²) in [5, 5.41) is 14.0. The number of thiophene rings is 1. The van der Waals surface area contributed by atoms with Crippen LogP contribution in [0.2, 0.25) is 0 Å². The van der Waals surface area contributed by atoms with Crippen LogP contribution in [0.3, 0.4) is 0 Å². The summed E-state index contributed by atoms with van der Waals surface area (Å²) in [7, 11) is 0. The molecule has 3 rings (SSSR count). The monoisotopic (exact) mass is 359 g/mol. The highest BCUT2D eigenvalue weighted by Crippen LogP contribution is 2.25. The lowest BCUT2D eigenvalue weighted by Gasteiger charge is -2.26. The zero-order valence-electron chi connectivity index (χ0n) is 13.8. The predicted octanol–water partition coefficient (Wildman–Crippen LogP) is 3.70. The van der Waals surface area contributed by atoms with Gasteiger partial charge in [-0.25, -0.2) is 0 Å². The van der Waals surface area contributed by atoms with Crippen LogP contribution in [0.25, 0.3) is 0 Å². The third-order valence-electron chi connectivity index (χ3n) is 4.47. The van der Waals surface area contributed by atoms with Crippen LogP contribution >= 0.6 is 11.3 Å². The quantitative estimate of drug-likeness (QED) is 0.825. The van der Waals surface area contributed by atoms with Gasteiger partial charge in [-0.1, -0.05) is 12.1 Å². The molecule has 1 saturated carbocycles. The van der Waals surface area contributed by atoms with Crippen molar-refractivity contribution in [1.82, 2.24) is 5.32 Å². The molecule has 1 aliphatic carbocycles. The van der Waals surface area contributed by atoms with E-state index in [2.05, 4.69) is 5.32 Å². The predicted molar refractivity (Wildman–Crippen MR) is 95.9 cm³/mol. The second-order valence-electron chi connectivity index (χ2n) is 6.26. The Kier molecular flexibility index (Phi) is 5.71. The molecule has 0 bridgehead atoms. The van der Waals surface area contributed by atoms with E-state index in [1.807, 2.05) is 23.6 Å². The Labute approximate surface area is 150 Å². The normalized spacial score (nSPS) is 20.0. The lowest BCUT2D eigenvalue weighted by Crippen LogP contribution is -2.38. The molecular weight excluding hydrogens is 338 g/mol. The molecule has 25 heavy (non-hydrogen) atoms. The Morgan fingerprint density at radius 1 is 1.16 bits per heavy atom. The van der Waals surface area contributed by atoms with Gasteiger partial charge in [-0.05, 0) is 55.3 Å². The zero-order chi connectivity index (χ0) is 17.6. The Balaban J connectivity index is 1.53. The van der Waals surface area contributed by atoms with E-state index in [0.29, 0.717) is 43.6 Å². The van der Waals surface area contributed by atoms with Crippen molar-refractivity contribution in [1.29, 1.82) is 0 Å². The summed E-state index contributed by atoms with van der Waals surface area (Å²) in [6, 6.07) is 11.2. The molecule has 2 N–H and O–H groups in total. The van der Waals surface area contributed by atoms with Gasteiger partial charge < -0.3 is 15.2 Å². The fourth-order valence-corrected chi connectivity index (χ4v) is 3.65. The van der Waals surface area contributed by atoms with Gasteiger partial charge in [-0.2, -0.15) is 0 Å². The number of carboxylic acid groups (broad SMARTS) is 1. The zero-order valence-corrected chi connectivity index (χ0v) is 14.6. The van der Waals surface area contributed by atoms with E-state index in [-0.39, 0.29) is 17.9 Å². The Hall–Kier alpha value is -2.34. The molecule has 1 aromatic heterocycles. The highest BCUT2D eigenvalue weighted by atomic mass is 32.1. The summed E-state index contributed by atoms with van der Waals surface area (Å²) in [6.07, 6.45) is 2.64. The van der Waals surface area contributed by atoms with E-state index in [1.165, 1.54) is 0 Å². The van der Waals surface area contributed by atoms with Crippen LogP contribution in [-0.4, -0.2) is 23.0 Å². The highest BCUT2D eigenvalue weighted by molar-refractivity contribution is 7.09. The Morgan fingerprint density at radius 3 is 2.64 bits per heavy atom. The van der Waals surface area contributed by atoms with Crippen LogP contribution in [0.5, 0.6) is 5.75 Å². The van der Waals surface area contributed by atoms with E-state index in [4.69, 9.17) is 9.84 Å². The molecule has 1 amide bonds. The largest absolute Gasteiger partial charge is 0.488 e. The smallest absolute Gasteiger partial charge is 0.306 e. The van der Waals surface area contributed by atoms with Gasteiger partial charge in [-0.3, -0.25) is 9.59 Å². The van der Waals surface area contributed by atoms with Crippen LogP contribution < -0.4 is 10.1 Å². The van der Waals surface area contributed by atoms with Gasteiger partial charge in [0.1, 0.15) is 12.4 Å². The minimum absolute atomic E-state index is 0.0405. The van der Waals surface area contributed by atoms with E-state index in [0.717, 1.165) is 4.88 Å². The van der Waals surface area contributed by atoms with E-state index in [1.54, 1.807) is 29.5 Å². The number of benzene rings is 1. The first-order valence-electron chi connectivity index (χ1n) is 8.41. The maximum atomic E-state index is 12.4. The molecule has 1 aromatic carbocycles. The number of aliphatic carboxylic acids is 1. The molecule has 1 heterocycles. The topological polar surface area (TPSA) is 75.6 Å². The lowest BCUT2D eigenvalue weighted by molar-refractivity contribution is -0.142. The van der Waals surface area contributed by atoms with Crippen LogP contribution in [0, 0.1) is 5.92 Å². The molecule has 0 unspecified atom stereocenters. The summed E-state index contributed by atoms with van der Waals surface area (Å²) in [5.74, 6) is -0.488. The third kappa shape index (κ3) is 4.82. The maximum absolute atomic E-state index is 12.4. The van der Waals surface area contributed by atoms with Gasteiger partial charge in [0.15, 0.2) is 0 Å². The van der Waals surface area contributed by atoms with Gasteiger partial charge >= 0.3 is 5.97 Å². The molecule has 0 spiro atoms. The minimum Gasteiger partial charge on any atom is -0.488 e. The van der Waals surface area contributed by atoms with Crippen molar-refractivity contribution in [3.05, 3.63) is 52.2 Å². The number of carbonyl (C=O) groups excluding carboxylic acids is 1. The van der Waals surface area contributed by atoms with Crippen LogP contribution in [0.4, 0.5) is 0 Å². The molecule has 0 aliphatic heterocycles. The standard InChI is InChI=1S/C19H21NO4S/c21-18(20-15-8-6-13(7-9-15)19(22)23)14-3-1-4-16(11-14)24-12-17-5-2-10-25-17/h1-5,10-11,13,15H,6-9,12H2,(H,20,21)(H,22,23). The van der Waals surface area contributed by atoms with Crippen LogP contribution in [0.15, 0.2) is 41.8 Å². The Bertz CT molecular complexity index is 721. The first-order valence-corrected chi connectivity index (χ1v) is 9.28. The van der Waals surface area contributed by atoms with Crippen LogP contribution in [-0.2, 0) is 11.4 Å². The minimum atomic E-state index is -0.736. The number of carbonyl (C=O) groups is 2. The fourth-order valence-electron chi connectivity index (χ4n) is 3.03. The lowest BCUT2D eigenvalue weighted by atomic mass is 9.86. The molecular formula is C19H21NO4S. The van der Waals surface area contributed by atoms with Crippen molar-refractivity contribution in [2.45, 2.75) is 38.3 Å².